The van der Waals surface area contributed by atoms with Crippen LogP contribution in [0.25, 0.3) is 0 Å². The first-order valence-electron chi connectivity index (χ1n) is 5.24. The van der Waals surface area contributed by atoms with Crippen molar-refractivity contribution in [3.8, 4) is 0 Å². The van der Waals surface area contributed by atoms with Gasteiger partial charge in [-0.1, -0.05) is 5.16 Å². The second-order valence-corrected chi connectivity index (χ2v) is 5.59. The van der Waals surface area contributed by atoms with Gasteiger partial charge in [0.15, 0.2) is 5.76 Å². The predicted octanol–water partition coefficient (Wildman–Crippen LogP) is 1.04. The molecule has 2 rings (SSSR count). The molecule has 0 spiro atoms. The van der Waals surface area contributed by atoms with E-state index >= 15 is 0 Å². The Labute approximate surface area is 105 Å². The minimum atomic E-state index is -3.57. The summed E-state index contributed by atoms with van der Waals surface area (Å²) in [6.45, 7) is 1.82. The monoisotopic (exact) mass is 267 g/mol. The quantitative estimate of drug-likeness (QED) is 0.807. The Bertz CT molecular complexity index is 636. The van der Waals surface area contributed by atoms with Crippen LogP contribution in [0.15, 0.2) is 39.9 Å². The molecule has 6 nitrogen and oxygen atoms in total. The third-order valence-electron chi connectivity index (χ3n) is 2.48. The van der Waals surface area contributed by atoms with Crippen molar-refractivity contribution in [2.24, 2.45) is 0 Å². The molecule has 96 valence electrons. The van der Waals surface area contributed by atoms with Crippen molar-refractivity contribution in [1.29, 1.82) is 0 Å². The highest BCUT2D eigenvalue weighted by Gasteiger charge is 2.15. The second kappa shape index (κ2) is 4.79. The fourth-order valence-corrected chi connectivity index (χ4v) is 2.48. The molecule has 0 saturated carbocycles. The highest BCUT2D eigenvalue weighted by Crippen LogP contribution is 2.16. The molecule has 7 heteroatoms. The maximum Gasteiger partial charge on any atom is 0.240 e. The Balaban J connectivity index is 2.17. The number of nitrogens with zero attached hydrogens (tertiary/aromatic N) is 1. The lowest BCUT2D eigenvalue weighted by atomic mass is 10.2. The van der Waals surface area contributed by atoms with Crippen molar-refractivity contribution in [3.05, 3.63) is 41.8 Å². The molecule has 0 saturated heterocycles. The standard InChI is InChI=1S/C11H13N3O3S/c1-8-6-10(2-3-11(8)12)18(15,16)14-7-9-4-5-13-17-9/h2-6,14H,7,12H2,1H3. The summed E-state index contributed by atoms with van der Waals surface area (Å²) in [4.78, 5) is 0.175. The summed E-state index contributed by atoms with van der Waals surface area (Å²) in [5.41, 5.74) is 6.92. The van der Waals surface area contributed by atoms with Gasteiger partial charge in [-0.15, -0.1) is 0 Å². The molecule has 0 aliphatic rings. The summed E-state index contributed by atoms with van der Waals surface area (Å²) in [7, 11) is -3.57. The third kappa shape index (κ3) is 2.69. The van der Waals surface area contributed by atoms with E-state index < -0.39 is 10.0 Å². The third-order valence-corrected chi connectivity index (χ3v) is 3.88. The number of sulfonamides is 1. The highest BCUT2D eigenvalue weighted by molar-refractivity contribution is 7.89. The number of anilines is 1. The summed E-state index contributed by atoms with van der Waals surface area (Å²) >= 11 is 0. The van der Waals surface area contributed by atoms with Gasteiger partial charge in [0.1, 0.15) is 0 Å². The van der Waals surface area contributed by atoms with Crippen LogP contribution in [0.3, 0.4) is 0 Å². The number of benzene rings is 1. The van der Waals surface area contributed by atoms with E-state index in [1.165, 1.54) is 18.3 Å². The molecule has 0 aliphatic heterocycles. The Hall–Kier alpha value is -1.86. The lowest BCUT2D eigenvalue weighted by Gasteiger charge is -2.07. The van der Waals surface area contributed by atoms with E-state index in [4.69, 9.17) is 10.3 Å². The average Bonchev–Trinajstić information content (AvgIpc) is 2.83. The van der Waals surface area contributed by atoms with Gasteiger partial charge < -0.3 is 10.3 Å². The van der Waals surface area contributed by atoms with Gasteiger partial charge in [-0.2, -0.15) is 0 Å². The molecule has 18 heavy (non-hydrogen) atoms. The second-order valence-electron chi connectivity index (χ2n) is 3.82. The lowest BCUT2D eigenvalue weighted by Crippen LogP contribution is -2.23. The molecular weight excluding hydrogens is 254 g/mol. The molecule has 1 aromatic heterocycles. The minimum absolute atomic E-state index is 0.0613. The zero-order valence-corrected chi connectivity index (χ0v) is 10.6. The molecule has 3 N–H and O–H groups in total. The van der Waals surface area contributed by atoms with Crippen LogP contribution in [-0.4, -0.2) is 13.6 Å². The fourth-order valence-electron chi connectivity index (χ4n) is 1.40. The summed E-state index contributed by atoms with van der Waals surface area (Å²) in [6, 6.07) is 6.15. The first-order chi connectivity index (χ1) is 8.49. The number of nitrogens with one attached hydrogen (secondary N) is 1. The van der Waals surface area contributed by atoms with Gasteiger partial charge in [0.25, 0.3) is 0 Å². The summed E-state index contributed by atoms with van der Waals surface area (Å²) in [5.74, 6) is 0.450. The van der Waals surface area contributed by atoms with E-state index in [2.05, 4.69) is 9.88 Å². The summed E-state index contributed by atoms with van der Waals surface area (Å²) < 4.78 is 31.2. The van der Waals surface area contributed by atoms with Gasteiger partial charge >= 0.3 is 0 Å². The van der Waals surface area contributed by atoms with E-state index in [1.807, 2.05) is 0 Å². The van der Waals surface area contributed by atoms with E-state index in [9.17, 15) is 8.42 Å². The summed E-state index contributed by atoms with van der Waals surface area (Å²) in [6.07, 6.45) is 1.46. The molecule has 0 bridgehead atoms. The van der Waals surface area contributed by atoms with Crippen LogP contribution in [0.4, 0.5) is 5.69 Å². The zero-order chi connectivity index (χ0) is 13.2. The van der Waals surface area contributed by atoms with E-state index in [1.54, 1.807) is 19.1 Å². The zero-order valence-electron chi connectivity index (χ0n) is 9.75. The SMILES string of the molecule is Cc1cc(S(=O)(=O)NCc2ccno2)ccc1N. The smallest absolute Gasteiger partial charge is 0.240 e. The molecule has 2 aromatic rings. The molecule has 0 unspecified atom stereocenters. The van der Waals surface area contributed by atoms with Crippen molar-refractivity contribution in [2.75, 3.05) is 5.73 Å². The Kier molecular flexibility index (Phi) is 3.35. The Morgan fingerprint density at radius 1 is 1.39 bits per heavy atom. The van der Waals surface area contributed by atoms with E-state index in [0.29, 0.717) is 11.4 Å². The van der Waals surface area contributed by atoms with Crippen LogP contribution >= 0.6 is 0 Å². The minimum Gasteiger partial charge on any atom is -0.399 e. The number of hydrogen-bond donors (Lipinski definition) is 2. The molecule has 1 heterocycles. The van der Waals surface area contributed by atoms with Crippen LogP contribution in [0.2, 0.25) is 0 Å². The van der Waals surface area contributed by atoms with Gasteiger partial charge in [-0.05, 0) is 30.7 Å². The van der Waals surface area contributed by atoms with E-state index in [0.717, 1.165) is 5.56 Å². The molecule has 0 fully saturated rings. The van der Waals surface area contributed by atoms with Gasteiger partial charge in [0, 0.05) is 11.8 Å². The highest BCUT2D eigenvalue weighted by atomic mass is 32.2. The maximum atomic E-state index is 12.0. The number of rotatable bonds is 4. The van der Waals surface area contributed by atoms with Crippen molar-refractivity contribution in [2.45, 2.75) is 18.4 Å². The fraction of sp³-hybridized carbons (Fsp3) is 0.182. The Morgan fingerprint density at radius 3 is 2.78 bits per heavy atom. The van der Waals surface area contributed by atoms with Crippen LogP contribution in [0.1, 0.15) is 11.3 Å². The van der Waals surface area contributed by atoms with Gasteiger partial charge in [-0.25, -0.2) is 13.1 Å². The number of aryl methyl sites for hydroxylation is 1. The average molecular weight is 267 g/mol. The van der Waals surface area contributed by atoms with Crippen molar-refractivity contribution in [3.63, 3.8) is 0 Å². The molecule has 0 radical (unpaired) electrons. The number of aromatic nitrogens is 1. The number of nitrogen functional groups attached to an aromatic ring is 1. The molecule has 0 amide bonds. The maximum absolute atomic E-state index is 12.0. The molecule has 0 aliphatic carbocycles. The van der Waals surface area contributed by atoms with Gasteiger partial charge in [0.2, 0.25) is 10.0 Å². The van der Waals surface area contributed by atoms with Crippen molar-refractivity contribution < 1.29 is 12.9 Å². The number of hydrogen-bond acceptors (Lipinski definition) is 5. The van der Waals surface area contributed by atoms with Crippen LogP contribution in [0.5, 0.6) is 0 Å². The normalized spacial score (nSPS) is 11.6. The lowest BCUT2D eigenvalue weighted by molar-refractivity contribution is 0.380. The molecule has 1 aromatic carbocycles. The topological polar surface area (TPSA) is 98.2 Å². The van der Waals surface area contributed by atoms with Gasteiger partial charge in [0.05, 0.1) is 17.6 Å². The number of nitrogens with two attached hydrogens (primary N) is 1. The van der Waals surface area contributed by atoms with Crippen LogP contribution in [-0.2, 0) is 16.6 Å². The van der Waals surface area contributed by atoms with E-state index in [-0.39, 0.29) is 11.4 Å². The van der Waals surface area contributed by atoms with Crippen molar-refractivity contribution >= 4 is 15.7 Å². The predicted molar refractivity (Wildman–Crippen MR) is 66.1 cm³/mol. The van der Waals surface area contributed by atoms with Crippen LogP contribution < -0.4 is 10.5 Å². The van der Waals surface area contributed by atoms with Crippen LogP contribution in [0, 0.1) is 6.92 Å². The molecule has 0 atom stereocenters. The largest absolute Gasteiger partial charge is 0.399 e. The first-order valence-corrected chi connectivity index (χ1v) is 6.73. The van der Waals surface area contributed by atoms with Gasteiger partial charge in [-0.3, -0.25) is 0 Å². The summed E-state index contributed by atoms with van der Waals surface area (Å²) in [5, 5.41) is 3.49. The van der Waals surface area contributed by atoms with Crippen molar-refractivity contribution in [1.82, 2.24) is 9.88 Å². The Morgan fingerprint density at radius 2 is 2.17 bits per heavy atom. The first kappa shape index (κ1) is 12.6. The molecular formula is C11H13N3O3S.